The van der Waals surface area contributed by atoms with Crippen molar-refractivity contribution in [3.63, 3.8) is 0 Å². The van der Waals surface area contributed by atoms with E-state index in [9.17, 15) is 18.0 Å². The molecule has 0 bridgehead atoms. The van der Waals surface area contributed by atoms with Crippen molar-refractivity contribution in [2.45, 2.75) is 13.3 Å². The second-order valence-electron chi connectivity index (χ2n) is 4.25. The van der Waals surface area contributed by atoms with Gasteiger partial charge in [-0.1, -0.05) is 6.07 Å². The highest BCUT2D eigenvalue weighted by Crippen LogP contribution is 2.32. The van der Waals surface area contributed by atoms with E-state index in [2.05, 4.69) is 9.72 Å². The Morgan fingerprint density at radius 3 is 2.57 bits per heavy atom. The van der Waals surface area contributed by atoms with Crippen LogP contribution in [-0.4, -0.2) is 22.4 Å². The van der Waals surface area contributed by atoms with Gasteiger partial charge in [0.25, 0.3) is 0 Å². The van der Waals surface area contributed by atoms with Gasteiger partial charge in [-0.05, 0) is 36.2 Å². The van der Waals surface area contributed by atoms with Crippen molar-refractivity contribution < 1.29 is 27.8 Å². The Hall–Kier alpha value is -2.57. The van der Waals surface area contributed by atoms with Gasteiger partial charge >= 0.3 is 12.3 Å². The van der Waals surface area contributed by atoms with E-state index in [1.165, 1.54) is 12.3 Å². The van der Waals surface area contributed by atoms with Gasteiger partial charge < -0.3 is 9.84 Å². The Morgan fingerprint density at radius 2 is 2.00 bits per heavy atom. The van der Waals surface area contributed by atoms with Gasteiger partial charge in [0.1, 0.15) is 11.3 Å². The summed E-state index contributed by atoms with van der Waals surface area (Å²) in [5.74, 6) is -2.25. The van der Waals surface area contributed by atoms with E-state index in [4.69, 9.17) is 5.11 Å². The first-order chi connectivity index (χ1) is 9.78. The number of nitrogens with zero attached hydrogens (tertiary/aromatic N) is 1. The lowest BCUT2D eigenvalue weighted by Crippen LogP contribution is -2.19. The zero-order valence-electron chi connectivity index (χ0n) is 10.8. The number of carboxylic acids is 1. The number of aryl methyl sites for hydroxylation is 1. The molecule has 0 aliphatic carbocycles. The molecule has 0 spiro atoms. The Labute approximate surface area is 117 Å². The minimum Gasteiger partial charge on any atom is -0.478 e. The highest BCUT2D eigenvalue weighted by Gasteiger charge is 2.33. The average molecular weight is 297 g/mol. The molecule has 0 unspecified atom stereocenters. The molecule has 2 aromatic rings. The molecule has 0 aliphatic rings. The minimum absolute atomic E-state index is 0.393. The zero-order valence-corrected chi connectivity index (χ0v) is 10.8. The predicted molar refractivity (Wildman–Crippen MR) is 68.1 cm³/mol. The third-order valence-corrected chi connectivity index (χ3v) is 2.79. The van der Waals surface area contributed by atoms with E-state index in [0.717, 1.165) is 17.7 Å². The molecule has 1 aromatic heterocycles. The molecular formula is C14H10F3NO3. The van der Waals surface area contributed by atoms with E-state index < -0.39 is 23.6 Å². The van der Waals surface area contributed by atoms with Gasteiger partial charge in [0.05, 0.1) is 0 Å². The molecule has 4 nitrogen and oxygen atoms in total. The molecule has 0 atom stereocenters. The first kappa shape index (κ1) is 14.8. The van der Waals surface area contributed by atoms with Gasteiger partial charge in [-0.25, -0.2) is 4.79 Å². The summed E-state index contributed by atoms with van der Waals surface area (Å²) in [6, 6.07) is 5.23. The normalized spacial score (nSPS) is 11.2. The molecule has 0 fully saturated rings. The average Bonchev–Trinajstić information content (AvgIpc) is 2.37. The fraction of sp³-hybridized carbons (Fsp3) is 0.143. The van der Waals surface area contributed by atoms with Gasteiger partial charge in [0.2, 0.25) is 0 Å². The number of hydrogen-bond donors (Lipinski definition) is 1. The molecule has 110 valence electrons. The third-order valence-electron chi connectivity index (χ3n) is 2.79. The van der Waals surface area contributed by atoms with Crippen LogP contribution >= 0.6 is 0 Å². The molecule has 0 radical (unpaired) electrons. The predicted octanol–water partition coefficient (Wildman–Crippen LogP) is 3.65. The molecule has 0 amide bonds. The number of ether oxygens (including phenoxy) is 1. The van der Waals surface area contributed by atoms with Crippen LogP contribution in [0.15, 0.2) is 36.7 Å². The van der Waals surface area contributed by atoms with E-state index >= 15 is 0 Å². The Bertz CT molecular complexity index is 683. The van der Waals surface area contributed by atoms with Crippen molar-refractivity contribution >= 4 is 5.97 Å². The van der Waals surface area contributed by atoms with Crippen molar-refractivity contribution in [1.29, 1.82) is 0 Å². The number of aromatic carboxylic acids is 1. The lowest BCUT2D eigenvalue weighted by atomic mass is 10.0. The maximum Gasteiger partial charge on any atom is 0.573 e. The van der Waals surface area contributed by atoms with Crippen LogP contribution < -0.4 is 4.74 Å². The summed E-state index contributed by atoms with van der Waals surface area (Å²) in [5, 5.41) is 8.92. The smallest absolute Gasteiger partial charge is 0.478 e. The SMILES string of the molecule is Cc1ccncc1-c1ccc(C(=O)O)c(OC(F)(F)F)c1. The second kappa shape index (κ2) is 5.43. The van der Waals surface area contributed by atoms with Crippen LogP contribution in [0.3, 0.4) is 0 Å². The third kappa shape index (κ3) is 3.50. The first-order valence-electron chi connectivity index (χ1n) is 5.82. The van der Waals surface area contributed by atoms with Crippen LogP contribution in [0.4, 0.5) is 13.2 Å². The van der Waals surface area contributed by atoms with Gasteiger partial charge in [-0.2, -0.15) is 0 Å². The van der Waals surface area contributed by atoms with Gasteiger partial charge in [-0.3, -0.25) is 4.98 Å². The Morgan fingerprint density at radius 1 is 1.29 bits per heavy atom. The van der Waals surface area contributed by atoms with Gasteiger partial charge in [-0.15, -0.1) is 13.2 Å². The lowest BCUT2D eigenvalue weighted by Gasteiger charge is -2.13. The fourth-order valence-electron chi connectivity index (χ4n) is 1.84. The van der Waals surface area contributed by atoms with Crippen molar-refractivity contribution in [3.05, 3.63) is 47.8 Å². The van der Waals surface area contributed by atoms with E-state index in [0.29, 0.717) is 11.1 Å². The minimum atomic E-state index is -4.97. The summed E-state index contributed by atoms with van der Waals surface area (Å²) in [4.78, 5) is 14.9. The zero-order chi connectivity index (χ0) is 15.6. The van der Waals surface area contributed by atoms with Crippen molar-refractivity contribution in [3.8, 4) is 16.9 Å². The van der Waals surface area contributed by atoms with Crippen LogP contribution in [-0.2, 0) is 0 Å². The summed E-state index contributed by atoms with van der Waals surface area (Å²) < 4.78 is 40.9. The van der Waals surface area contributed by atoms with Crippen LogP contribution in [0.1, 0.15) is 15.9 Å². The standard InChI is InChI=1S/C14H10F3NO3/c1-8-4-5-18-7-11(8)9-2-3-10(13(19)20)12(6-9)21-14(15,16)17/h2-7H,1H3,(H,19,20). The van der Waals surface area contributed by atoms with E-state index in [1.54, 1.807) is 19.2 Å². The largest absolute Gasteiger partial charge is 0.573 e. The molecule has 2 rings (SSSR count). The number of halogens is 3. The molecule has 0 aliphatic heterocycles. The molecule has 0 saturated carbocycles. The molecule has 1 heterocycles. The number of alkyl halides is 3. The maximum atomic E-state index is 12.4. The van der Waals surface area contributed by atoms with Gasteiger partial charge in [0.15, 0.2) is 0 Å². The number of carbonyl (C=O) groups is 1. The molecule has 21 heavy (non-hydrogen) atoms. The summed E-state index contributed by atoms with van der Waals surface area (Å²) in [6.07, 6.45) is -1.92. The highest BCUT2D eigenvalue weighted by atomic mass is 19.4. The number of carboxylic acid groups (broad SMARTS) is 1. The summed E-state index contributed by atoms with van der Waals surface area (Å²) >= 11 is 0. The van der Waals surface area contributed by atoms with Crippen LogP contribution in [0.2, 0.25) is 0 Å². The topological polar surface area (TPSA) is 59.4 Å². The number of rotatable bonds is 3. The Balaban J connectivity index is 2.54. The fourth-order valence-corrected chi connectivity index (χ4v) is 1.84. The first-order valence-corrected chi connectivity index (χ1v) is 5.82. The van der Waals surface area contributed by atoms with Crippen molar-refractivity contribution in [1.82, 2.24) is 4.98 Å². The summed E-state index contributed by atoms with van der Waals surface area (Å²) in [5.41, 5.74) is 1.23. The Kier molecular flexibility index (Phi) is 3.84. The van der Waals surface area contributed by atoms with Gasteiger partial charge in [0, 0.05) is 18.0 Å². The number of hydrogen-bond acceptors (Lipinski definition) is 3. The monoisotopic (exact) mass is 297 g/mol. The quantitative estimate of drug-likeness (QED) is 0.939. The number of aromatic nitrogens is 1. The molecule has 0 saturated heterocycles. The van der Waals surface area contributed by atoms with Crippen molar-refractivity contribution in [2.24, 2.45) is 0 Å². The molecule has 1 N–H and O–H groups in total. The molecule has 7 heteroatoms. The van der Waals surface area contributed by atoms with Crippen LogP contribution in [0, 0.1) is 6.92 Å². The van der Waals surface area contributed by atoms with Crippen LogP contribution in [0.25, 0.3) is 11.1 Å². The summed E-state index contributed by atoms with van der Waals surface area (Å²) in [6.45, 7) is 1.77. The van der Waals surface area contributed by atoms with Crippen LogP contribution in [0.5, 0.6) is 5.75 Å². The molecule has 1 aromatic carbocycles. The summed E-state index contributed by atoms with van der Waals surface area (Å²) in [7, 11) is 0. The highest BCUT2D eigenvalue weighted by molar-refractivity contribution is 5.92. The lowest BCUT2D eigenvalue weighted by molar-refractivity contribution is -0.274. The van der Waals surface area contributed by atoms with E-state index in [-0.39, 0.29) is 0 Å². The number of benzene rings is 1. The van der Waals surface area contributed by atoms with E-state index in [1.807, 2.05) is 0 Å². The second-order valence-corrected chi connectivity index (χ2v) is 4.25. The maximum absolute atomic E-state index is 12.4. The molecular weight excluding hydrogens is 287 g/mol. The van der Waals surface area contributed by atoms with Crippen molar-refractivity contribution in [2.75, 3.05) is 0 Å². The number of pyridine rings is 1.